The van der Waals surface area contributed by atoms with E-state index in [0.29, 0.717) is 6.61 Å². The number of aliphatic hydroxyl groups excluding tert-OH is 1. The summed E-state index contributed by atoms with van der Waals surface area (Å²) in [6, 6.07) is 0. The summed E-state index contributed by atoms with van der Waals surface area (Å²) in [6.07, 6.45) is 5.60. The average molecular weight is 217 g/mol. The van der Waals surface area contributed by atoms with E-state index in [4.69, 9.17) is 9.84 Å². The van der Waals surface area contributed by atoms with Crippen LogP contribution in [0.25, 0.3) is 0 Å². The third-order valence-electron chi connectivity index (χ3n) is 2.46. The first-order chi connectivity index (χ1) is 7.31. The van der Waals surface area contributed by atoms with Gasteiger partial charge < -0.3 is 14.7 Å². The molecule has 0 fully saturated rings. The number of ether oxygens (including phenoxy) is 1. The molecule has 0 aromatic rings. The minimum Gasteiger partial charge on any atom is -0.396 e. The zero-order chi connectivity index (χ0) is 11.4. The lowest BCUT2D eigenvalue weighted by Gasteiger charge is -2.16. The fourth-order valence-corrected chi connectivity index (χ4v) is 1.35. The molecule has 0 unspecified atom stereocenters. The summed E-state index contributed by atoms with van der Waals surface area (Å²) in [6.45, 7) is 6.37. The third kappa shape index (κ3) is 11.8. The molecule has 1 N–H and O–H groups in total. The van der Waals surface area contributed by atoms with E-state index in [2.05, 4.69) is 18.9 Å². The Morgan fingerprint density at radius 1 is 1.00 bits per heavy atom. The first-order valence-electron chi connectivity index (χ1n) is 6.18. The fraction of sp³-hybridized carbons (Fsp3) is 1.00. The van der Waals surface area contributed by atoms with Gasteiger partial charge in [-0.3, -0.25) is 0 Å². The Labute approximate surface area is 94.4 Å². The molecule has 0 aliphatic heterocycles. The summed E-state index contributed by atoms with van der Waals surface area (Å²) >= 11 is 0. The van der Waals surface area contributed by atoms with Crippen molar-refractivity contribution in [3.05, 3.63) is 0 Å². The van der Waals surface area contributed by atoms with Crippen LogP contribution < -0.4 is 0 Å². The maximum atomic E-state index is 8.62. The lowest BCUT2D eigenvalue weighted by molar-refractivity contribution is 0.108. The Morgan fingerprint density at radius 2 is 1.80 bits per heavy atom. The van der Waals surface area contributed by atoms with E-state index in [1.807, 2.05) is 0 Å². The van der Waals surface area contributed by atoms with Gasteiger partial charge in [-0.15, -0.1) is 0 Å². The zero-order valence-corrected chi connectivity index (χ0v) is 10.4. The molecule has 0 aromatic heterocycles. The van der Waals surface area contributed by atoms with Gasteiger partial charge in [-0.2, -0.15) is 0 Å². The quantitative estimate of drug-likeness (QED) is 0.537. The predicted molar refractivity (Wildman–Crippen MR) is 64.2 cm³/mol. The highest BCUT2D eigenvalue weighted by Crippen LogP contribution is 1.96. The summed E-state index contributed by atoms with van der Waals surface area (Å²) in [5, 5.41) is 8.62. The summed E-state index contributed by atoms with van der Waals surface area (Å²) in [7, 11) is 2.13. The van der Waals surface area contributed by atoms with Gasteiger partial charge in [0.2, 0.25) is 0 Å². The highest BCUT2D eigenvalue weighted by molar-refractivity contribution is 4.51. The zero-order valence-electron chi connectivity index (χ0n) is 10.4. The van der Waals surface area contributed by atoms with Crippen LogP contribution in [0.15, 0.2) is 0 Å². The molecule has 15 heavy (non-hydrogen) atoms. The second-order valence-corrected chi connectivity index (χ2v) is 4.05. The summed E-state index contributed by atoms with van der Waals surface area (Å²) in [5.74, 6) is 0. The van der Waals surface area contributed by atoms with Crippen LogP contribution in [0.1, 0.15) is 39.0 Å². The van der Waals surface area contributed by atoms with Crippen LogP contribution >= 0.6 is 0 Å². The van der Waals surface area contributed by atoms with E-state index >= 15 is 0 Å². The fourth-order valence-electron chi connectivity index (χ4n) is 1.35. The van der Waals surface area contributed by atoms with Crippen LogP contribution in [0.5, 0.6) is 0 Å². The lowest BCUT2D eigenvalue weighted by atomic mass is 10.2. The lowest BCUT2D eigenvalue weighted by Crippen LogP contribution is -2.24. The SMILES string of the molecule is CCCCOCCN(C)CCCCCO. The van der Waals surface area contributed by atoms with E-state index in [0.717, 1.165) is 39.1 Å². The third-order valence-corrected chi connectivity index (χ3v) is 2.46. The molecule has 0 aliphatic rings. The topological polar surface area (TPSA) is 32.7 Å². The van der Waals surface area contributed by atoms with Gasteiger partial charge in [0, 0.05) is 19.8 Å². The van der Waals surface area contributed by atoms with Gasteiger partial charge in [-0.25, -0.2) is 0 Å². The Hall–Kier alpha value is -0.120. The molecule has 0 saturated carbocycles. The van der Waals surface area contributed by atoms with Gasteiger partial charge >= 0.3 is 0 Å². The molecule has 92 valence electrons. The van der Waals surface area contributed by atoms with E-state index in [1.54, 1.807) is 0 Å². The van der Waals surface area contributed by atoms with Crippen molar-refractivity contribution in [1.29, 1.82) is 0 Å². The first kappa shape index (κ1) is 14.9. The molecule has 0 radical (unpaired) electrons. The van der Waals surface area contributed by atoms with Crippen molar-refractivity contribution in [2.24, 2.45) is 0 Å². The van der Waals surface area contributed by atoms with Crippen LogP contribution in [0.3, 0.4) is 0 Å². The predicted octanol–water partition coefficient (Wildman–Crippen LogP) is 1.90. The van der Waals surface area contributed by atoms with Crippen molar-refractivity contribution in [3.8, 4) is 0 Å². The molecule has 0 rings (SSSR count). The van der Waals surface area contributed by atoms with Crippen LogP contribution in [-0.2, 0) is 4.74 Å². The molecular weight excluding hydrogens is 190 g/mol. The highest BCUT2D eigenvalue weighted by Gasteiger charge is 1.97. The maximum absolute atomic E-state index is 8.62. The van der Waals surface area contributed by atoms with Crippen molar-refractivity contribution in [2.75, 3.05) is 40.0 Å². The van der Waals surface area contributed by atoms with Gasteiger partial charge in [0.25, 0.3) is 0 Å². The normalized spacial score (nSPS) is 11.2. The number of likely N-dealkylation sites (N-methyl/N-ethyl adjacent to an activating group) is 1. The Balaban J connectivity index is 3.08. The van der Waals surface area contributed by atoms with E-state index in [-0.39, 0.29) is 0 Å². The van der Waals surface area contributed by atoms with Crippen molar-refractivity contribution in [2.45, 2.75) is 39.0 Å². The second-order valence-electron chi connectivity index (χ2n) is 4.05. The van der Waals surface area contributed by atoms with Gasteiger partial charge in [0.05, 0.1) is 6.61 Å². The molecule has 0 saturated heterocycles. The van der Waals surface area contributed by atoms with Crippen LogP contribution in [0.2, 0.25) is 0 Å². The number of hydrogen-bond acceptors (Lipinski definition) is 3. The number of nitrogens with zero attached hydrogens (tertiary/aromatic N) is 1. The van der Waals surface area contributed by atoms with E-state index in [9.17, 15) is 0 Å². The molecule has 0 heterocycles. The standard InChI is InChI=1S/C12H27NO2/c1-3-4-11-15-12-9-13(2)8-6-5-7-10-14/h14H,3-12H2,1-2H3. The minimum atomic E-state index is 0.323. The van der Waals surface area contributed by atoms with Crippen molar-refractivity contribution in [1.82, 2.24) is 4.90 Å². The van der Waals surface area contributed by atoms with Gasteiger partial charge in [-0.1, -0.05) is 13.3 Å². The largest absolute Gasteiger partial charge is 0.396 e. The van der Waals surface area contributed by atoms with Gasteiger partial charge in [0.1, 0.15) is 0 Å². The molecule has 0 aliphatic carbocycles. The molecule has 0 amide bonds. The minimum absolute atomic E-state index is 0.323. The van der Waals surface area contributed by atoms with Crippen molar-refractivity contribution < 1.29 is 9.84 Å². The second kappa shape index (κ2) is 12.0. The molecule has 0 bridgehead atoms. The van der Waals surface area contributed by atoms with Crippen molar-refractivity contribution in [3.63, 3.8) is 0 Å². The number of hydrogen-bond donors (Lipinski definition) is 1. The van der Waals surface area contributed by atoms with Crippen LogP contribution in [-0.4, -0.2) is 50.0 Å². The Morgan fingerprint density at radius 3 is 2.47 bits per heavy atom. The molecule has 3 heteroatoms. The molecule has 0 atom stereocenters. The molecular formula is C12H27NO2. The monoisotopic (exact) mass is 217 g/mol. The molecule has 0 spiro atoms. The van der Waals surface area contributed by atoms with Gasteiger partial charge in [0.15, 0.2) is 0 Å². The number of aliphatic hydroxyl groups is 1. The smallest absolute Gasteiger partial charge is 0.0593 e. The molecule has 3 nitrogen and oxygen atoms in total. The van der Waals surface area contributed by atoms with Crippen molar-refractivity contribution >= 4 is 0 Å². The average Bonchev–Trinajstić information content (AvgIpc) is 2.24. The molecule has 0 aromatic carbocycles. The van der Waals surface area contributed by atoms with Crippen LogP contribution in [0, 0.1) is 0 Å². The first-order valence-corrected chi connectivity index (χ1v) is 6.18. The summed E-state index contributed by atoms with van der Waals surface area (Å²) in [4.78, 5) is 2.29. The maximum Gasteiger partial charge on any atom is 0.0593 e. The number of rotatable bonds is 11. The highest BCUT2D eigenvalue weighted by atomic mass is 16.5. The van der Waals surface area contributed by atoms with E-state index < -0.39 is 0 Å². The van der Waals surface area contributed by atoms with Gasteiger partial charge in [-0.05, 0) is 39.3 Å². The Bertz CT molecular complexity index is 120. The summed E-state index contributed by atoms with van der Waals surface area (Å²) in [5.41, 5.74) is 0. The van der Waals surface area contributed by atoms with E-state index in [1.165, 1.54) is 19.3 Å². The Kier molecular flexibility index (Phi) is 11.9. The number of unbranched alkanes of at least 4 members (excludes halogenated alkanes) is 3. The summed E-state index contributed by atoms with van der Waals surface area (Å²) < 4.78 is 5.49. The van der Waals surface area contributed by atoms with Crippen LogP contribution in [0.4, 0.5) is 0 Å².